The molecule has 0 aromatic heterocycles. The van der Waals surface area contributed by atoms with Gasteiger partial charge < -0.3 is 10.2 Å². The first-order chi connectivity index (χ1) is 9.67. The van der Waals surface area contributed by atoms with Gasteiger partial charge in [-0.3, -0.25) is 4.79 Å². The van der Waals surface area contributed by atoms with Crippen molar-refractivity contribution < 1.29 is 4.79 Å². The molecule has 2 rings (SSSR count). The number of carbonyl (C=O) groups excluding carboxylic acids is 1. The van der Waals surface area contributed by atoms with Crippen molar-refractivity contribution in [3.8, 4) is 6.07 Å². The zero-order valence-electron chi connectivity index (χ0n) is 12.1. The molecule has 0 spiro atoms. The molecule has 106 valence electrons. The van der Waals surface area contributed by atoms with E-state index in [4.69, 9.17) is 5.26 Å². The second-order valence-electron chi connectivity index (χ2n) is 5.25. The first-order valence-corrected chi connectivity index (χ1v) is 7.23. The summed E-state index contributed by atoms with van der Waals surface area (Å²) in [4.78, 5) is 14.4. The molecule has 1 aliphatic rings. The molecular weight excluding hydrogens is 250 g/mol. The molecule has 20 heavy (non-hydrogen) atoms. The standard InChI is InChI=1S/C16H21N3O/c1-3-8-18-14-5-4-9-19(16(14)20)15-10-13(11-17)7-6-12(15)2/h6-7,10,14,18H,3-5,8-9H2,1-2H3. The first kappa shape index (κ1) is 14.5. The quantitative estimate of drug-likeness (QED) is 0.914. The number of rotatable bonds is 4. The van der Waals surface area contributed by atoms with Crippen LogP contribution < -0.4 is 10.2 Å². The number of nitriles is 1. The molecule has 4 heteroatoms. The maximum atomic E-state index is 12.6. The fourth-order valence-corrected chi connectivity index (χ4v) is 2.59. The number of hydrogen-bond acceptors (Lipinski definition) is 3. The molecule has 0 saturated carbocycles. The summed E-state index contributed by atoms with van der Waals surface area (Å²) in [5.74, 6) is 0.128. The van der Waals surface area contributed by atoms with Crippen molar-refractivity contribution in [2.45, 2.75) is 39.2 Å². The van der Waals surface area contributed by atoms with Crippen molar-refractivity contribution in [1.82, 2.24) is 5.32 Å². The Morgan fingerprint density at radius 1 is 1.50 bits per heavy atom. The van der Waals surface area contributed by atoms with Gasteiger partial charge in [0.05, 0.1) is 17.7 Å². The summed E-state index contributed by atoms with van der Waals surface area (Å²) in [5.41, 5.74) is 2.51. The summed E-state index contributed by atoms with van der Waals surface area (Å²) in [7, 11) is 0. The van der Waals surface area contributed by atoms with Crippen LogP contribution in [0.5, 0.6) is 0 Å². The van der Waals surface area contributed by atoms with Gasteiger partial charge in [0.15, 0.2) is 0 Å². The zero-order valence-corrected chi connectivity index (χ0v) is 12.1. The lowest BCUT2D eigenvalue weighted by Crippen LogP contribution is -2.51. The third kappa shape index (κ3) is 3.00. The van der Waals surface area contributed by atoms with Gasteiger partial charge in [-0.25, -0.2) is 0 Å². The average molecular weight is 271 g/mol. The fraction of sp³-hybridized carbons (Fsp3) is 0.500. The highest BCUT2D eigenvalue weighted by Crippen LogP contribution is 2.25. The van der Waals surface area contributed by atoms with Crippen LogP contribution in [-0.4, -0.2) is 25.0 Å². The van der Waals surface area contributed by atoms with Crippen LogP contribution >= 0.6 is 0 Å². The molecule has 4 nitrogen and oxygen atoms in total. The van der Waals surface area contributed by atoms with E-state index in [0.717, 1.165) is 43.6 Å². The van der Waals surface area contributed by atoms with Crippen LogP contribution in [0.2, 0.25) is 0 Å². The van der Waals surface area contributed by atoms with Crippen molar-refractivity contribution >= 4 is 11.6 Å². The number of aryl methyl sites for hydroxylation is 1. The molecule has 1 aromatic rings. The van der Waals surface area contributed by atoms with Crippen molar-refractivity contribution in [3.05, 3.63) is 29.3 Å². The summed E-state index contributed by atoms with van der Waals surface area (Å²) >= 11 is 0. The highest BCUT2D eigenvalue weighted by molar-refractivity contribution is 5.98. The number of nitrogens with zero attached hydrogens (tertiary/aromatic N) is 2. The maximum Gasteiger partial charge on any atom is 0.244 e. The molecule has 0 bridgehead atoms. The molecule has 1 amide bonds. The molecule has 1 unspecified atom stereocenters. The van der Waals surface area contributed by atoms with Gasteiger partial charge in [0, 0.05) is 12.2 Å². The predicted octanol–water partition coefficient (Wildman–Crippen LogP) is 2.36. The Labute approximate surface area is 120 Å². The Bertz CT molecular complexity index is 533. The largest absolute Gasteiger partial charge is 0.311 e. The van der Waals surface area contributed by atoms with Crippen LogP contribution in [0.3, 0.4) is 0 Å². The minimum atomic E-state index is -0.0890. The number of benzene rings is 1. The number of piperidine rings is 1. The van der Waals surface area contributed by atoms with E-state index < -0.39 is 0 Å². The maximum absolute atomic E-state index is 12.6. The van der Waals surface area contributed by atoms with Crippen molar-refractivity contribution in [2.75, 3.05) is 18.0 Å². The van der Waals surface area contributed by atoms with Gasteiger partial charge >= 0.3 is 0 Å². The van der Waals surface area contributed by atoms with E-state index in [9.17, 15) is 4.79 Å². The molecule has 1 aromatic carbocycles. The Balaban J connectivity index is 2.23. The van der Waals surface area contributed by atoms with E-state index in [0.29, 0.717) is 5.56 Å². The molecule has 1 saturated heterocycles. The zero-order chi connectivity index (χ0) is 14.5. The summed E-state index contributed by atoms with van der Waals surface area (Å²) in [5, 5.41) is 12.3. The number of amides is 1. The monoisotopic (exact) mass is 271 g/mol. The van der Waals surface area contributed by atoms with Gasteiger partial charge in [0.2, 0.25) is 5.91 Å². The van der Waals surface area contributed by atoms with Crippen LogP contribution in [0.4, 0.5) is 5.69 Å². The Kier molecular flexibility index (Phi) is 4.75. The van der Waals surface area contributed by atoms with E-state index in [-0.39, 0.29) is 11.9 Å². The topological polar surface area (TPSA) is 56.1 Å². The van der Waals surface area contributed by atoms with Gasteiger partial charge in [-0.2, -0.15) is 5.26 Å². The second kappa shape index (κ2) is 6.53. The smallest absolute Gasteiger partial charge is 0.244 e. The number of anilines is 1. The normalized spacial score (nSPS) is 18.9. The molecule has 1 aliphatic heterocycles. The molecule has 1 atom stereocenters. The van der Waals surface area contributed by atoms with E-state index in [2.05, 4.69) is 18.3 Å². The fourth-order valence-electron chi connectivity index (χ4n) is 2.59. The highest BCUT2D eigenvalue weighted by Gasteiger charge is 2.29. The molecule has 0 radical (unpaired) electrons. The lowest BCUT2D eigenvalue weighted by molar-refractivity contribution is -0.121. The van der Waals surface area contributed by atoms with Crippen molar-refractivity contribution in [2.24, 2.45) is 0 Å². The van der Waals surface area contributed by atoms with Gasteiger partial charge in [0.1, 0.15) is 0 Å². The minimum Gasteiger partial charge on any atom is -0.311 e. The van der Waals surface area contributed by atoms with Crippen LogP contribution in [-0.2, 0) is 4.79 Å². The van der Waals surface area contributed by atoms with Crippen LogP contribution in [0.1, 0.15) is 37.3 Å². The summed E-state index contributed by atoms with van der Waals surface area (Å²) in [6, 6.07) is 7.57. The predicted molar refractivity (Wildman–Crippen MR) is 79.6 cm³/mol. The Morgan fingerprint density at radius 2 is 2.30 bits per heavy atom. The SMILES string of the molecule is CCCNC1CCCN(c2cc(C#N)ccc2C)C1=O. The number of nitrogens with one attached hydrogen (secondary N) is 1. The van der Waals surface area contributed by atoms with Gasteiger partial charge in [-0.15, -0.1) is 0 Å². The van der Waals surface area contributed by atoms with E-state index in [1.807, 2.05) is 24.0 Å². The van der Waals surface area contributed by atoms with E-state index in [1.54, 1.807) is 6.07 Å². The van der Waals surface area contributed by atoms with Crippen LogP contribution in [0.25, 0.3) is 0 Å². The number of hydrogen-bond donors (Lipinski definition) is 1. The summed E-state index contributed by atoms with van der Waals surface area (Å²) in [6.07, 6.45) is 2.91. The molecular formula is C16H21N3O. The third-order valence-corrected chi connectivity index (χ3v) is 3.71. The first-order valence-electron chi connectivity index (χ1n) is 7.23. The lowest BCUT2D eigenvalue weighted by Gasteiger charge is -2.33. The lowest BCUT2D eigenvalue weighted by atomic mass is 10.0. The van der Waals surface area contributed by atoms with Gasteiger partial charge in [-0.1, -0.05) is 13.0 Å². The van der Waals surface area contributed by atoms with Crippen molar-refractivity contribution in [3.63, 3.8) is 0 Å². The Morgan fingerprint density at radius 3 is 3.00 bits per heavy atom. The van der Waals surface area contributed by atoms with E-state index >= 15 is 0 Å². The average Bonchev–Trinajstić information content (AvgIpc) is 2.47. The summed E-state index contributed by atoms with van der Waals surface area (Å²) in [6.45, 7) is 5.67. The van der Waals surface area contributed by atoms with Crippen molar-refractivity contribution in [1.29, 1.82) is 5.26 Å². The minimum absolute atomic E-state index is 0.0890. The van der Waals surface area contributed by atoms with Crippen LogP contribution in [0.15, 0.2) is 18.2 Å². The van der Waals surface area contributed by atoms with Gasteiger partial charge in [-0.05, 0) is 50.4 Å². The van der Waals surface area contributed by atoms with Crippen LogP contribution in [0, 0.1) is 18.3 Å². The molecule has 0 aliphatic carbocycles. The highest BCUT2D eigenvalue weighted by atomic mass is 16.2. The second-order valence-corrected chi connectivity index (χ2v) is 5.25. The summed E-state index contributed by atoms with van der Waals surface area (Å²) < 4.78 is 0. The Hall–Kier alpha value is -1.86. The third-order valence-electron chi connectivity index (χ3n) is 3.71. The molecule has 1 fully saturated rings. The molecule has 1 N–H and O–H groups in total. The molecule has 1 heterocycles. The number of carbonyl (C=O) groups is 1. The van der Waals surface area contributed by atoms with Gasteiger partial charge in [0.25, 0.3) is 0 Å². The van der Waals surface area contributed by atoms with E-state index in [1.165, 1.54) is 0 Å².